The standard InChI is InChI=1S/C11H9FN4O4S/c12-9-5-8(16(17)18)6-10(13)11(9)21(19,20)15-7-1-3-14-4-2-7/h1-6H,13H2,(H,14,15). The van der Waals surface area contributed by atoms with Gasteiger partial charge in [-0.1, -0.05) is 0 Å². The lowest BCUT2D eigenvalue weighted by molar-refractivity contribution is -0.385. The van der Waals surface area contributed by atoms with E-state index in [9.17, 15) is 22.9 Å². The average molecular weight is 312 g/mol. The molecule has 1 aromatic heterocycles. The van der Waals surface area contributed by atoms with Gasteiger partial charge in [0.25, 0.3) is 15.7 Å². The number of hydrogen-bond acceptors (Lipinski definition) is 6. The van der Waals surface area contributed by atoms with Crippen LogP contribution < -0.4 is 10.5 Å². The van der Waals surface area contributed by atoms with Crippen molar-refractivity contribution in [2.75, 3.05) is 10.5 Å². The van der Waals surface area contributed by atoms with Crippen molar-refractivity contribution in [3.05, 3.63) is 52.6 Å². The lowest BCUT2D eigenvalue weighted by atomic mass is 10.3. The molecule has 0 unspecified atom stereocenters. The number of nitrogen functional groups attached to an aromatic ring is 1. The summed E-state index contributed by atoms with van der Waals surface area (Å²) in [4.78, 5) is 12.6. The highest BCUT2D eigenvalue weighted by Crippen LogP contribution is 2.28. The molecule has 0 fully saturated rings. The van der Waals surface area contributed by atoms with Crippen LogP contribution in [0.2, 0.25) is 0 Å². The van der Waals surface area contributed by atoms with Gasteiger partial charge in [-0.05, 0) is 12.1 Å². The van der Waals surface area contributed by atoms with Crippen LogP contribution in [0.3, 0.4) is 0 Å². The summed E-state index contributed by atoms with van der Waals surface area (Å²) in [6.45, 7) is 0. The monoisotopic (exact) mass is 312 g/mol. The maximum absolute atomic E-state index is 13.9. The van der Waals surface area contributed by atoms with Crippen LogP contribution in [0, 0.1) is 15.9 Å². The van der Waals surface area contributed by atoms with Gasteiger partial charge in [0, 0.05) is 18.5 Å². The average Bonchev–Trinajstić information content (AvgIpc) is 2.37. The minimum absolute atomic E-state index is 0.155. The first-order valence-corrected chi connectivity index (χ1v) is 6.96. The lowest BCUT2D eigenvalue weighted by Crippen LogP contribution is -2.17. The Morgan fingerprint density at radius 1 is 1.29 bits per heavy atom. The molecule has 110 valence electrons. The van der Waals surface area contributed by atoms with Gasteiger partial charge in [0.2, 0.25) is 0 Å². The van der Waals surface area contributed by atoms with Crippen LogP contribution in [-0.4, -0.2) is 18.3 Å². The van der Waals surface area contributed by atoms with E-state index in [4.69, 9.17) is 5.73 Å². The Kier molecular flexibility index (Phi) is 3.72. The number of rotatable bonds is 4. The molecule has 0 aliphatic heterocycles. The third kappa shape index (κ3) is 3.05. The van der Waals surface area contributed by atoms with Crippen LogP contribution in [-0.2, 0) is 10.0 Å². The number of halogens is 1. The predicted molar refractivity (Wildman–Crippen MR) is 72.5 cm³/mol. The smallest absolute Gasteiger partial charge is 0.274 e. The van der Waals surface area contributed by atoms with Crippen molar-refractivity contribution in [2.45, 2.75) is 4.90 Å². The number of hydrogen-bond donors (Lipinski definition) is 2. The maximum atomic E-state index is 13.9. The first kappa shape index (κ1) is 14.7. The van der Waals surface area contributed by atoms with Gasteiger partial charge in [-0.3, -0.25) is 19.8 Å². The van der Waals surface area contributed by atoms with E-state index in [0.717, 1.165) is 6.07 Å². The third-order valence-electron chi connectivity index (χ3n) is 2.47. The summed E-state index contributed by atoms with van der Waals surface area (Å²) in [6.07, 6.45) is 2.68. The van der Waals surface area contributed by atoms with Gasteiger partial charge < -0.3 is 5.73 Å². The molecule has 0 bridgehead atoms. The van der Waals surface area contributed by atoms with Crippen molar-refractivity contribution in [2.24, 2.45) is 0 Å². The normalized spacial score (nSPS) is 11.1. The zero-order valence-electron chi connectivity index (χ0n) is 10.4. The summed E-state index contributed by atoms with van der Waals surface area (Å²) in [6, 6.07) is 4.00. The van der Waals surface area contributed by atoms with E-state index in [1.807, 2.05) is 0 Å². The highest BCUT2D eigenvalue weighted by molar-refractivity contribution is 7.92. The summed E-state index contributed by atoms with van der Waals surface area (Å²) >= 11 is 0. The molecule has 21 heavy (non-hydrogen) atoms. The van der Waals surface area contributed by atoms with Crippen LogP contribution in [0.25, 0.3) is 0 Å². The Labute approximate surface area is 118 Å². The van der Waals surface area contributed by atoms with Gasteiger partial charge in [0.1, 0.15) is 4.90 Å². The molecule has 3 N–H and O–H groups in total. The van der Waals surface area contributed by atoms with Crippen LogP contribution in [0.4, 0.5) is 21.5 Å². The molecule has 0 radical (unpaired) electrons. The molecule has 10 heteroatoms. The molecule has 1 heterocycles. The molecule has 8 nitrogen and oxygen atoms in total. The Balaban J connectivity index is 2.48. The van der Waals surface area contributed by atoms with Crippen molar-refractivity contribution < 1.29 is 17.7 Å². The number of nitro groups is 1. The Bertz CT molecular complexity index is 772. The Morgan fingerprint density at radius 2 is 1.90 bits per heavy atom. The molecule has 0 saturated carbocycles. The molecular weight excluding hydrogens is 303 g/mol. The van der Waals surface area contributed by atoms with E-state index < -0.39 is 37.0 Å². The fourth-order valence-corrected chi connectivity index (χ4v) is 2.85. The Hall–Kier alpha value is -2.75. The van der Waals surface area contributed by atoms with Gasteiger partial charge in [-0.15, -0.1) is 0 Å². The number of non-ortho nitro benzene ring substituents is 1. The van der Waals surface area contributed by atoms with Gasteiger partial charge in [-0.25, -0.2) is 12.8 Å². The zero-order chi connectivity index (χ0) is 15.6. The number of nitrogens with one attached hydrogen (secondary N) is 1. The minimum atomic E-state index is -4.32. The molecule has 0 aliphatic carbocycles. The number of nitro benzene ring substituents is 1. The number of benzene rings is 1. The molecule has 0 spiro atoms. The van der Waals surface area contributed by atoms with E-state index in [2.05, 4.69) is 9.71 Å². The second-order valence-corrected chi connectivity index (χ2v) is 5.56. The molecule has 0 aliphatic rings. The van der Waals surface area contributed by atoms with E-state index in [-0.39, 0.29) is 5.69 Å². The van der Waals surface area contributed by atoms with E-state index in [0.29, 0.717) is 6.07 Å². The van der Waals surface area contributed by atoms with Crippen molar-refractivity contribution in [1.82, 2.24) is 4.98 Å². The third-order valence-corrected chi connectivity index (χ3v) is 3.94. The first-order chi connectivity index (χ1) is 9.81. The predicted octanol–water partition coefficient (Wildman–Crippen LogP) is 1.51. The summed E-state index contributed by atoms with van der Waals surface area (Å²) in [7, 11) is -4.32. The second kappa shape index (κ2) is 5.32. The maximum Gasteiger partial charge on any atom is 0.274 e. The number of nitrogens with two attached hydrogens (primary N) is 1. The molecule has 2 aromatic rings. The number of anilines is 2. The highest BCUT2D eigenvalue weighted by Gasteiger charge is 2.25. The summed E-state index contributed by atoms with van der Waals surface area (Å²) in [5, 5.41) is 10.6. The molecule has 1 aromatic carbocycles. The first-order valence-electron chi connectivity index (χ1n) is 5.47. The zero-order valence-corrected chi connectivity index (χ0v) is 11.2. The molecule has 0 amide bonds. The van der Waals surface area contributed by atoms with Gasteiger partial charge >= 0.3 is 0 Å². The Morgan fingerprint density at radius 3 is 2.43 bits per heavy atom. The van der Waals surface area contributed by atoms with Crippen LogP contribution in [0.15, 0.2) is 41.6 Å². The quantitative estimate of drug-likeness (QED) is 0.500. The van der Waals surface area contributed by atoms with E-state index >= 15 is 0 Å². The van der Waals surface area contributed by atoms with E-state index in [1.54, 1.807) is 0 Å². The lowest BCUT2D eigenvalue weighted by Gasteiger charge is -2.10. The van der Waals surface area contributed by atoms with Crippen molar-refractivity contribution in [1.29, 1.82) is 0 Å². The van der Waals surface area contributed by atoms with Crippen LogP contribution >= 0.6 is 0 Å². The fourth-order valence-electron chi connectivity index (χ4n) is 1.61. The van der Waals surface area contributed by atoms with Crippen molar-refractivity contribution >= 4 is 27.1 Å². The summed E-state index contributed by atoms with van der Waals surface area (Å²) < 4.78 is 40.2. The topological polar surface area (TPSA) is 128 Å². The van der Waals surface area contributed by atoms with Gasteiger partial charge in [-0.2, -0.15) is 0 Å². The van der Waals surface area contributed by atoms with Gasteiger partial charge in [0.05, 0.1) is 22.4 Å². The largest absolute Gasteiger partial charge is 0.397 e. The summed E-state index contributed by atoms with van der Waals surface area (Å²) in [5.41, 5.74) is 4.39. The minimum Gasteiger partial charge on any atom is -0.397 e. The fraction of sp³-hybridized carbons (Fsp3) is 0. The van der Waals surface area contributed by atoms with Crippen molar-refractivity contribution in [3.8, 4) is 0 Å². The SMILES string of the molecule is Nc1cc([N+](=O)[O-])cc(F)c1S(=O)(=O)Nc1ccncc1. The molecular formula is C11H9FN4O4S. The molecule has 0 atom stereocenters. The summed E-state index contributed by atoms with van der Waals surface area (Å²) in [5.74, 6) is -1.30. The van der Waals surface area contributed by atoms with Crippen LogP contribution in [0.5, 0.6) is 0 Å². The van der Waals surface area contributed by atoms with Gasteiger partial charge in [0.15, 0.2) is 5.82 Å². The number of sulfonamides is 1. The number of nitrogens with zero attached hydrogens (tertiary/aromatic N) is 2. The number of aromatic nitrogens is 1. The molecule has 0 saturated heterocycles. The highest BCUT2D eigenvalue weighted by atomic mass is 32.2. The molecule has 2 rings (SSSR count). The van der Waals surface area contributed by atoms with Crippen molar-refractivity contribution in [3.63, 3.8) is 0 Å². The van der Waals surface area contributed by atoms with E-state index in [1.165, 1.54) is 24.5 Å². The second-order valence-electron chi connectivity index (χ2n) is 3.94. The number of pyridine rings is 1. The van der Waals surface area contributed by atoms with Crippen LogP contribution in [0.1, 0.15) is 0 Å².